The summed E-state index contributed by atoms with van der Waals surface area (Å²) in [5.74, 6) is 1.13. The lowest BCUT2D eigenvalue weighted by Crippen LogP contribution is -2.26. The number of ether oxygens (including phenoxy) is 3. The Morgan fingerprint density at radius 1 is 0.933 bits per heavy atom. The number of nitrogens with one attached hydrogen (secondary N) is 1. The fourth-order valence-electron chi connectivity index (χ4n) is 3.52. The number of para-hydroxylation sites is 2. The topological polar surface area (TPSA) is 83.7 Å². The third-order valence-electron chi connectivity index (χ3n) is 4.88. The molecule has 0 aliphatic heterocycles. The van der Waals surface area contributed by atoms with Crippen molar-refractivity contribution in [3.05, 3.63) is 46.9 Å². The fraction of sp³-hybridized carbons (Fsp3) is 0.364. The summed E-state index contributed by atoms with van der Waals surface area (Å²) in [4.78, 5) is 25.4. The number of rotatable bonds is 9. The number of amides is 1. The molecule has 0 saturated heterocycles. The maximum atomic E-state index is 12.8. The highest BCUT2D eigenvalue weighted by Crippen LogP contribution is 2.39. The minimum absolute atomic E-state index is 0.0985. The smallest absolute Gasteiger partial charge is 0.329 e. The third kappa shape index (κ3) is 4.12. The van der Waals surface area contributed by atoms with Crippen molar-refractivity contribution in [2.75, 3.05) is 26.6 Å². The van der Waals surface area contributed by atoms with Gasteiger partial charge in [-0.25, -0.2) is 4.79 Å². The van der Waals surface area contributed by atoms with Crippen molar-refractivity contribution < 1.29 is 19.0 Å². The Labute approximate surface area is 175 Å². The van der Waals surface area contributed by atoms with Crippen LogP contribution in [0.1, 0.15) is 19.8 Å². The van der Waals surface area contributed by atoms with Gasteiger partial charge in [-0.1, -0.05) is 19.1 Å². The summed E-state index contributed by atoms with van der Waals surface area (Å²) in [6, 6.07) is 11.0. The largest absolute Gasteiger partial charge is 0.493 e. The SMILES string of the molecule is CCCn1c(=O)n(CCC(=O)Nc2cc(OC)c(OC)c(OC)c2)c2ccccc21. The molecule has 2 aromatic carbocycles. The van der Waals surface area contributed by atoms with Crippen LogP contribution in [0.5, 0.6) is 17.2 Å². The molecule has 0 atom stereocenters. The lowest BCUT2D eigenvalue weighted by atomic mass is 10.2. The number of aromatic nitrogens is 2. The van der Waals surface area contributed by atoms with E-state index in [9.17, 15) is 9.59 Å². The third-order valence-corrected chi connectivity index (χ3v) is 4.88. The van der Waals surface area contributed by atoms with Gasteiger partial charge in [0.15, 0.2) is 11.5 Å². The first-order valence-corrected chi connectivity index (χ1v) is 9.81. The molecule has 1 heterocycles. The Kier molecular flexibility index (Phi) is 6.66. The van der Waals surface area contributed by atoms with Gasteiger partial charge in [-0.3, -0.25) is 13.9 Å². The molecule has 0 spiro atoms. The summed E-state index contributed by atoms with van der Waals surface area (Å²) >= 11 is 0. The van der Waals surface area contributed by atoms with E-state index >= 15 is 0 Å². The van der Waals surface area contributed by atoms with E-state index in [-0.39, 0.29) is 24.6 Å². The number of hydrogen-bond acceptors (Lipinski definition) is 5. The average molecular weight is 413 g/mol. The number of anilines is 1. The van der Waals surface area contributed by atoms with Gasteiger partial charge in [0, 0.05) is 37.3 Å². The second-order valence-corrected chi connectivity index (χ2v) is 6.79. The Hall–Kier alpha value is -3.42. The number of hydrogen-bond donors (Lipinski definition) is 1. The summed E-state index contributed by atoms with van der Waals surface area (Å²) in [6.07, 6.45) is 1.01. The summed E-state index contributed by atoms with van der Waals surface area (Å²) in [5.41, 5.74) is 2.14. The number of carbonyl (C=O) groups excluding carboxylic acids is 1. The van der Waals surface area contributed by atoms with E-state index in [1.807, 2.05) is 31.2 Å². The van der Waals surface area contributed by atoms with Gasteiger partial charge in [-0.15, -0.1) is 0 Å². The molecule has 0 fully saturated rings. The number of benzene rings is 2. The van der Waals surface area contributed by atoms with Gasteiger partial charge < -0.3 is 19.5 Å². The summed E-state index contributed by atoms with van der Waals surface area (Å²) < 4.78 is 19.3. The fourth-order valence-corrected chi connectivity index (χ4v) is 3.52. The maximum absolute atomic E-state index is 12.8. The molecule has 3 aromatic rings. The lowest BCUT2D eigenvalue weighted by Gasteiger charge is -2.14. The molecule has 160 valence electrons. The van der Waals surface area contributed by atoms with Gasteiger partial charge in [0.25, 0.3) is 0 Å². The molecule has 30 heavy (non-hydrogen) atoms. The van der Waals surface area contributed by atoms with Gasteiger partial charge in [0.2, 0.25) is 11.7 Å². The number of imidazole rings is 1. The predicted molar refractivity (Wildman–Crippen MR) is 116 cm³/mol. The molecular formula is C22H27N3O5. The van der Waals surface area contributed by atoms with Crippen molar-refractivity contribution in [3.8, 4) is 17.2 Å². The monoisotopic (exact) mass is 413 g/mol. The number of aryl methyl sites for hydroxylation is 2. The molecule has 0 radical (unpaired) electrons. The van der Waals surface area contributed by atoms with E-state index in [0.29, 0.717) is 29.5 Å². The Balaban J connectivity index is 1.79. The number of fused-ring (bicyclic) bond motifs is 1. The highest BCUT2D eigenvalue weighted by Gasteiger charge is 2.16. The first-order valence-electron chi connectivity index (χ1n) is 9.81. The average Bonchev–Trinajstić information content (AvgIpc) is 3.02. The van der Waals surface area contributed by atoms with E-state index in [4.69, 9.17) is 14.2 Å². The van der Waals surface area contributed by atoms with E-state index in [2.05, 4.69) is 5.32 Å². The van der Waals surface area contributed by atoms with Crippen LogP contribution in [0, 0.1) is 0 Å². The van der Waals surface area contributed by atoms with Crippen LogP contribution in [0.25, 0.3) is 11.0 Å². The molecule has 0 saturated carbocycles. The summed E-state index contributed by atoms with van der Waals surface area (Å²) in [5, 5.41) is 2.84. The van der Waals surface area contributed by atoms with Crippen molar-refractivity contribution in [2.24, 2.45) is 0 Å². The molecule has 1 aromatic heterocycles. The molecule has 1 N–H and O–H groups in total. The number of methoxy groups -OCH3 is 3. The maximum Gasteiger partial charge on any atom is 0.329 e. The molecular weight excluding hydrogens is 386 g/mol. The first-order chi connectivity index (χ1) is 14.5. The molecule has 0 aliphatic carbocycles. The Morgan fingerprint density at radius 3 is 2.00 bits per heavy atom. The minimum Gasteiger partial charge on any atom is -0.493 e. The summed E-state index contributed by atoms with van der Waals surface area (Å²) in [7, 11) is 4.55. The van der Waals surface area contributed by atoms with Crippen LogP contribution in [0.4, 0.5) is 5.69 Å². The van der Waals surface area contributed by atoms with Crippen LogP contribution in [0.3, 0.4) is 0 Å². The molecule has 0 aliphatic rings. The standard InChI is InChI=1S/C22H27N3O5/c1-5-11-24-16-8-6-7-9-17(16)25(22(24)27)12-10-20(26)23-15-13-18(28-2)21(30-4)19(14-15)29-3/h6-9,13-14H,5,10-12H2,1-4H3,(H,23,26). The molecule has 0 bridgehead atoms. The zero-order valence-electron chi connectivity index (χ0n) is 17.7. The van der Waals surface area contributed by atoms with Gasteiger partial charge in [0.05, 0.1) is 32.4 Å². The second kappa shape index (κ2) is 9.39. The zero-order valence-corrected chi connectivity index (χ0v) is 17.7. The van der Waals surface area contributed by atoms with Crippen molar-refractivity contribution in [2.45, 2.75) is 32.9 Å². The highest BCUT2D eigenvalue weighted by atomic mass is 16.5. The number of carbonyl (C=O) groups is 1. The minimum atomic E-state index is -0.219. The molecule has 0 unspecified atom stereocenters. The zero-order chi connectivity index (χ0) is 21.7. The van der Waals surface area contributed by atoms with E-state index < -0.39 is 0 Å². The van der Waals surface area contributed by atoms with Crippen LogP contribution in [-0.2, 0) is 17.9 Å². The van der Waals surface area contributed by atoms with Crippen LogP contribution in [-0.4, -0.2) is 36.4 Å². The normalized spacial score (nSPS) is 10.8. The van der Waals surface area contributed by atoms with Crippen molar-refractivity contribution in [3.63, 3.8) is 0 Å². The highest BCUT2D eigenvalue weighted by molar-refractivity contribution is 5.91. The van der Waals surface area contributed by atoms with Crippen LogP contribution >= 0.6 is 0 Å². The van der Waals surface area contributed by atoms with Gasteiger partial charge in [0.1, 0.15) is 0 Å². The number of nitrogens with zero attached hydrogens (tertiary/aromatic N) is 2. The molecule has 1 amide bonds. The van der Waals surface area contributed by atoms with E-state index in [1.54, 1.807) is 21.3 Å². The molecule has 8 heteroatoms. The van der Waals surface area contributed by atoms with Crippen LogP contribution < -0.4 is 25.2 Å². The van der Waals surface area contributed by atoms with Crippen LogP contribution in [0.2, 0.25) is 0 Å². The first kappa shape index (κ1) is 21.3. The van der Waals surface area contributed by atoms with Crippen molar-refractivity contribution >= 4 is 22.6 Å². The van der Waals surface area contributed by atoms with Crippen LogP contribution in [0.15, 0.2) is 41.2 Å². The Bertz CT molecular complexity index is 1070. The van der Waals surface area contributed by atoms with Crippen molar-refractivity contribution in [1.82, 2.24) is 9.13 Å². The quantitative estimate of drug-likeness (QED) is 0.582. The Morgan fingerprint density at radius 2 is 1.50 bits per heavy atom. The second-order valence-electron chi connectivity index (χ2n) is 6.79. The summed E-state index contributed by atoms with van der Waals surface area (Å²) in [6.45, 7) is 2.96. The predicted octanol–water partition coefficient (Wildman–Crippen LogP) is 3.27. The van der Waals surface area contributed by atoms with Crippen molar-refractivity contribution in [1.29, 1.82) is 0 Å². The molecule has 8 nitrogen and oxygen atoms in total. The lowest BCUT2D eigenvalue weighted by molar-refractivity contribution is -0.116. The van der Waals surface area contributed by atoms with Gasteiger partial charge in [-0.05, 0) is 18.6 Å². The van der Waals surface area contributed by atoms with E-state index in [1.165, 1.54) is 21.3 Å². The van der Waals surface area contributed by atoms with Gasteiger partial charge in [-0.2, -0.15) is 0 Å². The van der Waals surface area contributed by atoms with E-state index in [0.717, 1.165) is 17.5 Å². The molecule has 3 rings (SSSR count). The van der Waals surface area contributed by atoms with Gasteiger partial charge >= 0.3 is 5.69 Å².